The second-order valence-electron chi connectivity index (χ2n) is 11.3. The molecule has 19 heteroatoms. The number of carbonyl (C=O) groups excluding carboxylic acids is 2. The molecule has 0 atom stereocenters. The van der Waals surface area contributed by atoms with Crippen LogP contribution in [0.5, 0.6) is 0 Å². The van der Waals surface area contributed by atoms with Gasteiger partial charge in [-0.3, -0.25) is 0 Å². The van der Waals surface area contributed by atoms with E-state index in [2.05, 4.69) is 64.4 Å². The van der Waals surface area contributed by atoms with E-state index in [4.69, 9.17) is 14.6 Å². The van der Waals surface area contributed by atoms with Crippen LogP contribution in [0.2, 0.25) is 0 Å². The van der Waals surface area contributed by atoms with Gasteiger partial charge in [0.25, 0.3) is 0 Å². The number of aryl methyl sites for hydroxylation is 5. The zero-order chi connectivity index (χ0) is 37.7. The molecule has 6 aromatic heterocycles. The first-order valence-corrected chi connectivity index (χ1v) is 18.4. The van der Waals surface area contributed by atoms with Gasteiger partial charge in [0.15, 0.2) is 17.1 Å². The van der Waals surface area contributed by atoms with E-state index in [1.165, 1.54) is 19.0 Å². The summed E-state index contributed by atoms with van der Waals surface area (Å²) in [5, 5.41) is 10.9. The molecule has 0 spiro atoms. The van der Waals surface area contributed by atoms with Gasteiger partial charge in [-0.15, -0.1) is 0 Å². The predicted octanol–water partition coefficient (Wildman–Crippen LogP) is 0.427. The number of hydrogen-bond acceptors (Lipinski definition) is 12. The summed E-state index contributed by atoms with van der Waals surface area (Å²) in [4.78, 5) is 63.7. The van der Waals surface area contributed by atoms with Crippen LogP contribution in [0.25, 0.3) is 33.1 Å². The van der Waals surface area contributed by atoms with Gasteiger partial charge in [-0.25, -0.2) is 44.3 Å². The molecule has 0 saturated carbocycles. The van der Waals surface area contributed by atoms with Crippen molar-refractivity contribution in [3.8, 4) is 0 Å². The number of rotatable bonds is 9. The number of carbonyl (C=O) groups is 3. The maximum absolute atomic E-state index is 11.9. The summed E-state index contributed by atoms with van der Waals surface area (Å²) < 4.78 is 14.1. The van der Waals surface area contributed by atoms with Crippen LogP contribution < -0.4 is 48.4 Å². The Balaban J connectivity index is 0. The van der Waals surface area contributed by atoms with Crippen molar-refractivity contribution in [1.82, 2.24) is 44.0 Å². The summed E-state index contributed by atoms with van der Waals surface area (Å²) >= 11 is 2.15. The van der Waals surface area contributed by atoms with Gasteiger partial charge < -0.3 is 35.6 Å². The van der Waals surface area contributed by atoms with Gasteiger partial charge in [-0.05, 0) is 56.7 Å². The number of carboxylic acid groups (broad SMARTS) is 1. The van der Waals surface area contributed by atoms with Crippen LogP contribution in [0.3, 0.4) is 0 Å². The Morgan fingerprint density at radius 3 is 1.57 bits per heavy atom. The molecule has 6 aromatic rings. The molecule has 282 valence electrons. The molecule has 54 heavy (non-hydrogen) atoms. The Morgan fingerprint density at radius 2 is 1.13 bits per heavy atom. The van der Waals surface area contributed by atoms with Gasteiger partial charge in [-0.2, -0.15) is 0 Å². The quantitative estimate of drug-likeness (QED) is 0.0663. The number of ether oxygens (including phenoxy) is 2. The number of fused-ring (bicyclic) bond motifs is 3. The van der Waals surface area contributed by atoms with Gasteiger partial charge in [0.1, 0.15) is 35.9 Å². The number of aromatic amines is 1. The number of nitrogens with one attached hydrogen (secondary N) is 1. The SMILES string of the molecule is CCCCOC(=O)c1ncnc2[nH]c(C)cc12.CCCCOC(=O)c1ncnc2c1cc(C)n2C.CI.Cc1cc2c(C(=O)O)ncnc2n1C.[H-].[Li+].[Na+].[OH-]. The smallest absolute Gasteiger partial charge is 1.00 e. The third kappa shape index (κ3) is 12.8. The van der Waals surface area contributed by atoms with Crippen LogP contribution in [0.4, 0.5) is 0 Å². The van der Waals surface area contributed by atoms with Crippen molar-refractivity contribution in [2.45, 2.75) is 60.3 Å². The summed E-state index contributed by atoms with van der Waals surface area (Å²) in [6.45, 7) is 10.7. The predicted molar refractivity (Wildman–Crippen MR) is 205 cm³/mol. The normalized spacial score (nSPS) is 9.87. The third-order valence-corrected chi connectivity index (χ3v) is 7.74. The van der Waals surface area contributed by atoms with Crippen molar-refractivity contribution < 1.29 is 84.3 Å². The van der Waals surface area contributed by atoms with Crippen molar-refractivity contribution >= 4 is 73.6 Å². The first-order chi connectivity index (χ1) is 24.5. The van der Waals surface area contributed by atoms with Gasteiger partial charge in [0.05, 0.1) is 29.4 Å². The zero-order valence-corrected chi connectivity index (χ0v) is 36.8. The van der Waals surface area contributed by atoms with Crippen molar-refractivity contribution in [2.24, 2.45) is 14.1 Å². The second kappa shape index (κ2) is 24.9. The number of unbranched alkanes of at least 4 members (excludes halogenated alkanes) is 2. The molecule has 0 fully saturated rings. The first kappa shape index (κ1) is 50.6. The number of carboxylic acids is 1. The van der Waals surface area contributed by atoms with Crippen LogP contribution >= 0.6 is 22.6 Å². The molecular weight excluding hydrogens is 815 g/mol. The molecule has 0 amide bonds. The minimum Gasteiger partial charge on any atom is -1.00 e. The van der Waals surface area contributed by atoms with Crippen molar-refractivity contribution in [3.63, 3.8) is 0 Å². The summed E-state index contributed by atoms with van der Waals surface area (Å²) in [6.07, 6.45) is 7.77. The summed E-state index contributed by atoms with van der Waals surface area (Å²) in [5.74, 6) is -1.78. The first-order valence-electron chi connectivity index (χ1n) is 16.3. The fraction of sp³-hybridized carbons (Fsp3) is 0.400. The van der Waals surface area contributed by atoms with E-state index >= 15 is 0 Å². The van der Waals surface area contributed by atoms with E-state index in [1.54, 1.807) is 6.07 Å². The molecule has 0 aliphatic heterocycles. The van der Waals surface area contributed by atoms with E-state index in [0.29, 0.717) is 46.7 Å². The molecule has 6 heterocycles. The average Bonchev–Trinajstić information content (AvgIpc) is 3.76. The Hall–Kier alpha value is -3.44. The molecule has 0 aliphatic rings. The molecule has 0 radical (unpaired) electrons. The molecular formula is C35H46ILiN9NaO7. The zero-order valence-electron chi connectivity index (χ0n) is 33.6. The number of alkyl halides is 1. The van der Waals surface area contributed by atoms with Crippen LogP contribution in [0.15, 0.2) is 37.2 Å². The number of H-pyrrole nitrogens is 1. The van der Waals surface area contributed by atoms with E-state index in [-0.39, 0.29) is 73.0 Å². The Labute approximate surface area is 363 Å². The fourth-order valence-electron chi connectivity index (χ4n) is 4.84. The Bertz CT molecular complexity index is 2130. The minimum absolute atomic E-state index is 0. The van der Waals surface area contributed by atoms with E-state index < -0.39 is 5.97 Å². The van der Waals surface area contributed by atoms with Gasteiger partial charge in [0, 0.05) is 31.2 Å². The van der Waals surface area contributed by atoms with Crippen LogP contribution in [-0.4, -0.2) is 90.7 Å². The Kier molecular flexibility index (Phi) is 23.3. The van der Waals surface area contributed by atoms with E-state index in [9.17, 15) is 14.4 Å². The molecule has 0 bridgehead atoms. The van der Waals surface area contributed by atoms with Crippen LogP contribution in [0, 0.1) is 20.8 Å². The average molecular weight is 862 g/mol. The molecule has 0 unspecified atom stereocenters. The maximum atomic E-state index is 11.9. The Morgan fingerprint density at radius 1 is 0.722 bits per heavy atom. The molecule has 6 rings (SSSR count). The molecule has 0 aromatic carbocycles. The van der Waals surface area contributed by atoms with Crippen molar-refractivity contribution in [3.05, 3.63) is 71.3 Å². The summed E-state index contributed by atoms with van der Waals surface area (Å²) in [6, 6.07) is 5.54. The largest absolute Gasteiger partial charge is 1.00 e. The number of aromatic nitrogens is 9. The molecule has 0 aliphatic carbocycles. The number of hydrogen-bond donors (Lipinski definition) is 2. The topological polar surface area (TPSA) is 223 Å². The molecule has 3 N–H and O–H groups in total. The standard InChI is InChI=1S/C13H17N3O2.C12H15N3O2.C9H9N3O2.CH3I.Li.Na.H2O.H/c1-4-5-6-18-13(17)11-10-7-9(2)16(3)12(10)15-8-14-11;1-3-4-5-17-12(16)10-9-6-8(2)15-11(9)14-7-13-10;1-5-3-6-7(9(13)14)10-4-11-8(6)12(5)2;1-2;;;;/h7-8H,4-6H2,1-3H3;6-7H,3-5H2,1-2H3,(H,13,14,15);3-4H,1-2H3,(H,13,14);1H3;;;1H2;/q;;;;2*+1;;-1/p-1. The van der Waals surface area contributed by atoms with E-state index in [0.717, 1.165) is 53.8 Å². The van der Waals surface area contributed by atoms with Crippen molar-refractivity contribution in [1.29, 1.82) is 0 Å². The monoisotopic (exact) mass is 861 g/mol. The fourth-order valence-corrected chi connectivity index (χ4v) is 4.84. The number of nitrogens with zero attached hydrogens (tertiary/aromatic N) is 8. The van der Waals surface area contributed by atoms with Gasteiger partial charge >= 0.3 is 66.3 Å². The van der Waals surface area contributed by atoms with Crippen LogP contribution in [0.1, 0.15) is 89.5 Å². The summed E-state index contributed by atoms with van der Waals surface area (Å²) in [5.41, 5.74) is 5.74. The summed E-state index contributed by atoms with van der Waals surface area (Å²) in [7, 11) is 3.76. The number of halogens is 1. The third-order valence-electron chi connectivity index (χ3n) is 7.74. The number of esters is 2. The van der Waals surface area contributed by atoms with E-state index in [1.807, 2.05) is 68.0 Å². The van der Waals surface area contributed by atoms with Gasteiger partial charge in [0.2, 0.25) is 0 Å². The number of aromatic carboxylic acids is 1. The maximum Gasteiger partial charge on any atom is 1.00 e. The second-order valence-corrected chi connectivity index (χ2v) is 11.3. The molecule has 16 nitrogen and oxygen atoms in total. The van der Waals surface area contributed by atoms with Crippen molar-refractivity contribution in [2.75, 3.05) is 18.1 Å². The van der Waals surface area contributed by atoms with Gasteiger partial charge in [-0.1, -0.05) is 49.3 Å². The minimum atomic E-state index is -1.02. The van der Waals surface area contributed by atoms with Crippen LogP contribution in [-0.2, 0) is 23.6 Å². The molecule has 0 saturated heterocycles.